The van der Waals surface area contributed by atoms with Crippen molar-refractivity contribution in [2.24, 2.45) is 5.92 Å². The highest BCUT2D eigenvalue weighted by atomic mass is 19.1. The molecule has 0 aliphatic carbocycles. The van der Waals surface area contributed by atoms with Crippen LogP contribution in [-0.4, -0.2) is 19.3 Å². The highest BCUT2D eigenvalue weighted by Crippen LogP contribution is 2.09. The molecule has 0 amide bonds. The van der Waals surface area contributed by atoms with Crippen molar-refractivity contribution in [1.82, 2.24) is 5.32 Å². The van der Waals surface area contributed by atoms with Gasteiger partial charge in [-0.1, -0.05) is 13.8 Å². The molecule has 1 N–H and O–H groups in total. The maximum atomic E-state index is 13.0. The number of ether oxygens (including phenoxy) is 1. The highest BCUT2D eigenvalue weighted by molar-refractivity contribution is 5.17. The number of benzene rings is 1. The lowest BCUT2D eigenvalue weighted by molar-refractivity contribution is 0.108. The predicted octanol–water partition coefficient (Wildman–Crippen LogP) is 3.12. The average Bonchev–Trinajstić information content (AvgIpc) is 2.27. The summed E-state index contributed by atoms with van der Waals surface area (Å²) < 4.78 is 31.4. The third-order valence-electron chi connectivity index (χ3n) is 2.80. The lowest BCUT2D eigenvalue weighted by Crippen LogP contribution is -2.37. The van der Waals surface area contributed by atoms with E-state index in [1.165, 1.54) is 12.1 Å². The Hall–Kier alpha value is -1.00. The van der Waals surface area contributed by atoms with Crippen LogP contribution >= 0.6 is 0 Å². The molecule has 1 atom stereocenters. The third kappa shape index (κ3) is 5.10. The SMILES string of the molecule is CCOCC(NCc1cc(F)cc(F)c1)C(C)C. The molecule has 2 nitrogen and oxygen atoms in total. The summed E-state index contributed by atoms with van der Waals surface area (Å²) >= 11 is 0. The Labute approximate surface area is 107 Å². The van der Waals surface area contributed by atoms with Crippen LogP contribution in [0.4, 0.5) is 8.78 Å². The van der Waals surface area contributed by atoms with E-state index in [-0.39, 0.29) is 6.04 Å². The third-order valence-corrected chi connectivity index (χ3v) is 2.80. The second-order valence-corrected chi connectivity index (χ2v) is 4.67. The summed E-state index contributed by atoms with van der Waals surface area (Å²) in [6.45, 7) is 7.82. The van der Waals surface area contributed by atoms with E-state index < -0.39 is 11.6 Å². The molecule has 0 spiro atoms. The molecule has 1 aromatic rings. The largest absolute Gasteiger partial charge is 0.380 e. The van der Waals surface area contributed by atoms with Crippen molar-refractivity contribution in [1.29, 1.82) is 0 Å². The average molecular weight is 257 g/mol. The molecule has 1 aromatic carbocycles. The molecule has 1 rings (SSSR count). The van der Waals surface area contributed by atoms with Gasteiger partial charge in [-0.3, -0.25) is 0 Å². The molecule has 18 heavy (non-hydrogen) atoms. The molecule has 0 aliphatic rings. The lowest BCUT2D eigenvalue weighted by atomic mass is 10.0. The summed E-state index contributed by atoms with van der Waals surface area (Å²) in [4.78, 5) is 0. The zero-order chi connectivity index (χ0) is 13.5. The summed E-state index contributed by atoms with van der Waals surface area (Å²) in [5, 5.41) is 3.27. The van der Waals surface area contributed by atoms with Crippen LogP contribution < -0.4 is 5.32 Å². The normalized spacial score (nSPS) is 13.0. The van der Waals surface area contributed by atoms with E-state index in [1.54, 1.807) is 0 Å². The Kier molecular flexibility index (Phi) is 6.22. The first kappa shape index (κ1) is 15.1. The summed E-state index contributed by atoms with van der Waals surface area (Å²) in [6.07, 6.45) is 0. The van der Waals surface area contributed by atoms with E-state index in [9.17, 15) is 8.78 Å². The van der Waals surface area contributed by atoms with Crippen molar-refractivity contribution in [2.45, 2.75) is 33.4 Å². The summed E-state index contributed by atoms with van der Waals surface area (Å²) in [5.41, 5.74) is 0.606. The predicted molar refractivity (Wildman–Crippen MR) is 68.3 cm³/mol. The van der Waals surface area contributed by atoms with E-state index >= 15 is 0 Å². The van der Waals surface area contributed by atoms with Gasteiger partial charge in [0, 0.05) is 25.3 Å². The maximum Gasteiger partial charge on any atom is 0.126 e. The van der Waals surface area contributed by atoms with Crippen molar-refractivity contribution in [3.05, 3.63) is 35.4 Å². The molecule has 0 radical (unpaired) electrons. The Balaban J connectivity index is 2.55. The maximum absolute atomic E-state index is 13.0. The molecule has 0 bridgehead atoms. The van der Waals surface area contributed by atoms with Gasteiger partial charge in [-0.15, -0.1) is 0 Å². The van der Waals surface area contributed by atoms with Gasteiger partial charge in [0.25, 0.3) is 0 Å². The number of hydrogen-bond acceptors (Lipinski definition) is 2. The molecular weight excluding hydrogens is 236 g/mol. The van der Waals surface area contributed by atoms with Gasteiger partial charge in [-0.05, 0) is 30.5 Å². The van der Waals surface area contributed by atoms with Crippen LogP contribution in [0.2, 0.25) is 0 Å². The molecule has 0 fully saturated rings. The van der Waals surface area contributed by atoms with Crippen molar-refractivity contribution >= 4 is 0 Å². The van der Waals surface area contributed by atoms with Crippen LogP contribution in [-0.2, 0) is 11.3 Å². The van der Waals surface area contributed by atoms with Gasteiger partial charge in [0.1, 0.15) is 11.6 Å². The fourth-order valence-corrected chi connectivity index (χ4v) is 1.69. The Morgan fingerprint density at radius 3 is 2.28 bits per heavy atom. The van der Waals surface area contributed by atoms with Crippen molar-refractivity contribution < 1.29 is 13.5 Å². The summed E-state index contributed by atoms with van der Waals surface area (Å²) in [7, 11) is 0. The van der Waals surface area contributed by atoms with Gasteiger partial charge in [0.2, 0.25) is 0 Å². The second-order valence-electron chi connectivity index (χ2n) is 4.67. The molecule has 4 heteroatoms. The smallest absolute Gasteiger partial charge is 0.126 e. The minimum atomic E-state index is -0.544. The Bertz CT molecular complexity index is 349. The monoisotopic (exact) mass is 257 g/mol. The minimum Gasteiger partial charge on any atom is -0.380 e. The first-order valence-electron chi connectivity index (χ1n) is 6.29. The van der Waals surface area contributed by atoms with E-state index in [0.717, 1.165) is 6.07 Å². The van der Waals surface area contributed by atoms with E-state index in [1.807, 2.05) is 6.92 Å². The Morgan fingerprint density at radius 1 is 1.17 bits per heavy atom. The van der Waals surface area contributed by atoms with Gasteiger partial charge in [0.05, 0.1) is 6.61 Å². The molecule has 0 saturated carbocycles. The first-order chi connectivity index (χ1) is 8.52. The van der Waals surface area contributed by atoms with E-state index in [0.29, 0.717) is 31.2 Å². The molecule has 0 heterocycles. The minimum absolute atomic E-state index is 0.177. The fraction of sp³-hybridized carbons (Fsp3) is 0.571. The number of halogens is 2. The molecule has 1 unspecified atom stereocenters. The van der Waals surface area contributed by atoms with Crippen LogP contribution in [0.3, 0.4) is 0 Å². The fourth-order valence-electron chi connectivity index (χ4n) is 1.69. The van der Waals surface area contributed by atoms with Gasteiger partial charge >= 0.3 is 0 Å². The second kappa shape index (κ2) is 7.44. The van der Waals surface area contributed by atoms with E-state index in [2.05, 4.69) is 19.2 Å². The van der Waals surface area contributed by atoms with Crippen molar-refractivity contribution in [2.75, 3.05) is 13.2 Å². The Morgan fingerprint density at radius 2 is 1.78 bits per heavy atom. The summed E-state index contributed by atoms with van der Waals surface area (Å²) in [6, 6.07) is 3.74. The van der Waals surface area contributed by atoms with E-state index in [4.69, 9.17) is 4.74 Å². The standard InChI is InChI=1S/C14H21F2NO/c1-4-18-9-14(10(2)3)17-8-11-5-12(15)7-13(16)6-11/h5-7,10,14,17H,4,8-9H2,1-3H3. The molecule has 0 aliphatic heterocycles. The first-order valence-corrected chi connectivity index (χ1v) is 6.29. The van der Waals surface area contributed by atoms with Crippen LogP contribution in [0, 0.1) is 17.6 Å². The van der Waals surface area contributed by atoms with Gasteiger partial charge in [-0.2, -0.15) is 0 Å². The molecule has 0 aromatic heterocycles. The van der Waals surface area contributed by atoms with Crippen molar-refractivity contribution in [3.8, 4) is 0 Å². The van der Waals surface area contributed by atoms with Crippen LogP contribution in [0.5, 0.6) is 0 Å². The van der Waals surface area contributed by atoms with Crippen LogP contribution in [0.25, 0.3) is 0 Å². The molecule has 102 valence electrons. The number of rotatable bonds is 7. The van der Waals surface area contributed by atoms with Crippen LogP contribution in [0.15, 0.2) is 18.2 Å². The summed E-state index contributed by atoms with van der Waals surface area (Å²) in [5.74, 6) is -0.689. The van der Waals surface area contributed by atoms with Crippen molar-refractivity contribution in [3.63, 3.8) is 0 Å². The number of nitrogens with one attached hydrogen (secondary N) is 1. The zero-order valence-electron chi connectivity index (χ0n) is 11.2. The van der Waals surface area contributed by atoms with Gasteiger partial charge < -0.3 is 10.1 Å². The number of hydrogen-bond donors (Lipinski definition) is 1. The quantitative estimate of drug-likeness (QED) is 0.810. The lowest BCUT2D eigenvalue weighted by Gasteiger charge is -2.22. The molecule has 0 saturated heterocycles. The topological polar surface area (TPSA) is 21.3 Å². The molecular formula is C14H21F2NO. The van der Waals surface area contributed by atoms with Crippen LogP contribution in [0.1, 0.15) is 26.3 Å². The zero-order valence-corrected chi connectivity index (χ0v) is 11.2. The highest BCUT2D eigenvalue weighted by Gasteiger charge is 2.13. The van der Waals surface area contributed by atoms with Gasteiger partial charge in [0.15, 0.2) is 0 Å². The van der Waals surface area contributed by atoms with Gasteiger partial charge in [-0.25, -0.2) is 8.78 Å².